The van der Waals surface area contributed by atoms with Gasteiger partial charge in [-0.15, -0.1) is 0 Å². The summed E-state index contributed by atoms with van der Waals surface area (Å²) in [5.74, 6) is 0.115. The highest BCUT2D eigenvalue weighted by molar-refractivity contribution is 5.87. The molecule has 0 radical (unpaired) electrons. The fraction of sp³-hybridized carbons (Fsp3) is 0.909. The summed E-state index contributed by atoms with van der Waals surface area (Å²) in [4.78, 5) is 26.9. The molecule has 0 aliphatic carbocycles. The second kappa shape index (κ2) is 16.8. The molecule has 28 heavy (non-hydrogen) atoms. The number of rotatable bonds is 17. The molecule has 2 amide bonds. The monoisotopic (exact) mass is 396 g/mol. The molecule has 1 heterocycles. The summed E-state index contributed by atoms with van der Waals surface area (Å²) in [5, 5.41) is 3.00. The maximum absolute atomic E-state index is 12.7. The van der Waals surface area contributed by atoms with Crippen molar-refractivity contribution >= 4 is 11.8 Å². The van der Waals surface area contributed by atoms with Crippen molar-refractivity contribution in [3.05, 3.63) is 0 Å². The molecule has 1 saturated heterocycles. The third-order valence-corrected chi connectivity index (χ3v) is 5.61. The topological polar surface area (TPSA) is 101 Å². The van der Waals surface area contributed by atoms with E-state index < -0.39 is 0 Å². The number of hydrogen-bond acceptors (Lipinski definition) is 4. The Bertz CT molecular complexity index is 411. The summed E-state index contributed by atoms with van der Waals surface area (Å²) in [7, 11) is 0. The van der Waals surface area contributed by atoms with Crippen LogP contribution in [0.4, 0.5) is 0 Å². The standard InChI is InChI=1S/C22H44N4O2/c23-16-10-7-5-3-1-2-4-6-8-15-21(27)25-20(14-9-11-17-24)22(28)26-18-12-13-19-26/h20H,1-19,23-24H2,(H,25,27)/t20-/m0/s1. The van der Waals surface area contributed by atoms with Crippen LogP contribution in [-0.2, 0) is 9.59 Å². The molecule has 164 valence electrons. The average molecular weight is 397 g/mol. The number of nitrogens with two attached hydrogens (primary N) is 2. The number of likely N-dealkylation sites (tertiary alicyclic amines) is 1. The molecule has 0 bridgehead atoms. The molecule has 1 fully saturated rings. The summed E-state index contributed by atoms with van der Waals surface area (Å²) >= 11 is 0. The van der Waals surface area contributed by atoms with Crippen LogP contribution in [0.2, 0.25) is 0 Å². The van der Waals surface area contributed by atoms with E-state index in [1.807, 2.05) is 4.90 Å². The summed E-state index contributed by atoms with van der Waals surface area (Å²) in [5.41, 5.74) is 11.1. The van der Waals surface area contributed by atoms with Gasteiger partial charge in [-0.1, -0.05) is 44.9 Å². The van der Waals surface area contributed by atoms with Crippen molar-refractivity contribution in [3.8, 4) is 0 Å². The van der Waals surface area contributed by atoms with E-state index in [0.29, 0.717) is 19.4 Å². The molecule has 1 atom stereocenters. The van der Waals surface area contributed by atoms with Gasteiger partial charge in [0.15, 0.2) is 0 Å². The predicted molar refractivity (Wildman–Crippen MR) is 116 cm³/mol. The molecule has 0 unspecified atom stereocenters. The van der Waals surface area contributed by atoms with Crippen LogP contribution in [0.1, 0.15) is 96.3 Å². The van der Waals surface area contributed by atoms with Crippen LogP contribution in [0.5, 0.6) is 0 Å². The van der Waals surface area contributed by atoms with Gasteiger partial charge in [0.1, 0.15) is 6.04 Å². The first-order valence-electron chi connectivity index (χ1n) is 11.7. The van der Waals surface area contributed by atoms with Crippen LogP contribution in [0.3, 0.4) is 0 Å². The SMILES string of the molecule is NCCCCCCCCCCCC(=O)N[C@@H](CCCCN)C(=O)N1CCCC1. The van der Waals surface area contributed by atoms with E-state index in [2.05, 4.69) is 5.32 Å². The number of nitrogens with zero attached hydrogens (tertiary/aromatic N) is 1. The minimum absolute atomic E-state index is 0.0204. The third-order valence-electron chi connectivity index (χ3n) is 5.61. The van der Waals surface area contributed by atoms with Gasteiger partial charge in [0.25, 0.3) is 0 Å². The summed E-state index contributed by atoms with van der Waals surface area (Å²) in [6.45, 7) is 3.09. The Labute approximate surface area is 172 Å². The quantitative estimate of drug-likeness (QED) is 0.329. The molecule has 0 aromatic rings. The first kappa shape index (κ1) is 24.9. The molecule has 1 rings (SSSR count). The van der Waals surface area contributed by atoms with Crippen LogP contribution in [0.25, 0.3) is 0 Å². The number of hydrogen-bond donors (Lipinski definition) is 3. The highest BCUT2D eigenvalue weighted by atomic mass is 16.2. The van der Waals surface area contributed by atoms with Crippen molar-refractivity contribution in [3.63, 3.8) is 0 Å². The minimum atomic E-state index is -0.370. The average Bonchev–Trinajstić information content (AvgIpc) is 3.23. The van der Waals surface area contributed by atoms with E-state index in [1.54, 1.807) is 0 Å². The van der Waals surface area contributed by atoms with Crippen LogP contribution >= 0.6 is 0 Å². The van der Waals surface area contributed by atoms with Crippen molar-refractivity contribution in [1.82, 2.24) is 10.2 Å². The van der Waals surface area contributed by atoms with Gasteiger partial charge in [-0.25, -0.2) is 0 Å². The van der Waals surface area contributed by atoms with Crippen LogP contribution < -0.4 is 16.8 Å². The number of nitrogens with one attached hydrogen (secondary N) is 1. The molecule has 0 aromatic heterocycles. The number of unbranched alkanes of at least 4 members (excludes halogenated alkanes) is 9. The van der Waals surface area contributed by atoms with E-state index in [0.717, 1.165) is 64.6 Å². The first-order chi connectivity index (χ1) is 13.7. The third kappa shape index (κ3) is 11.6. The van der Waals surface area contributed by atoms with Crippen LogP contribution in [-0.4, -0.2) is 48.9 Å². The van der Waals surface area contributed by atoms with Crippen molar-refractivity contribution < 1.29 is 9.59 Å². The van der Waals surface area contributed by atoms with Crippen molar-refractivity contribution in [2.45, 2.75) is 102 Å². The molecule has 5 N–H and O–H groups in total. The Balaban J connectivity index is 2.16. The summed E-state index contributed by atoms with van der Waals surface area (Å²) in [6.07, 6.45) is 15.8. The molecule has 0 saturated carbocycles. The van der Waals surface area contributed by atoms with E-state index in [9.17, 15) is 9.59 Å². The lowest BCUT2D eigenvalue weighted by atomic mass is 10.1. The highest BCUT2D eigenvalue weighted by Crippen LogP contribution is 2.13. The summed E-state index contributed by atoms with van der Waals surface area (Å²) < 4.78 is 0. The zero-order chi connectivity index (χ0) is 20.5. The van der Waals surface area contributed by atoms with Gasteiger partial charge in [-0.3, -0.25) is 9.59 Å². The number of carbonyl (C=O) groups excluding carboxylic acids is 2. The zero-order valence-corrected chi connectivity index (χ0v) is 17.9. The Kier molecular flexibility index (Phi) is 14.9. The maximum atomic E-state index is 12.7. The molecular weight excluding hydrogens is 352 g/mol. The van der Waals surface area contributed by atoms with Gasteiger partial charge in [-0.2, -0.15) is 0 Å². The predicted octanol–water partition coefficient (Wildman–Crippen LogP) is 3.08. The van der Waals surface area contributed by atoms with Crippen molar-refractivity contribution in [1.29, 1.82) is 0 Å². The van der Waals surface area contributed by atoms with Crippen LogP contribution in [0, 0.1) is 0 Å². The fourth-order valence-electron chi connectivity index (χ4n) is 3.84. The molecular formula is C22H44N4O2. The van der Waals surface area contributed by atoms with Gasteiger partial charge < -0.3 is 21.7 Å². The van der Waals surface area contributed by atoms with E-state index in [-0.39, 0.29) is 17.9 Å². The lowest BCUT2D eigenvalue weighted by Gasteiger charge is -2.24. The second-order valence-corrected chi connectivity index (χ2v) is 8.16. The lowest BCUT2D eigenvalue weighted by Crippen LogP contribution is -2.47. The van der Waals surface area contributed by atoms with Gasteiger partial charge in [0.05, 0.1) is 0 Å². The first-order valence-corrected chi connectivity index (χ1v) is 11.7. The van der Waals surface area contributed by atoms with E-state index in [4.69, 9.17) is 11.5 Å². The Morgan fingerprint density at radius 1 is 0.750 bits per heavy atom. The van der Waals surface area contributed by atoms with Crippen molar-refractivity contribution in [2.24, 2.45) is 11.5 Å². The lowest BCUT2D eigenvalue weighted by molar-refractivity contribution is -0.135. The van der Waals surface area contributed by atoms with Gasteiger partial charge >= 0.3 is 0 Å². The van der Waals surface area contributed by atoms with Crippen LogP contribution in [0.15, 0.2) is 0 Å². The molecule has 0 spiro atoms. The molecule has 0 aromatic carbocycles. The fourth-order valence-corrected chi connectivity index (χ4v) is 3.84. The van der Waals surface area contributed by atoms with E-state index >= 15 is 0 Å². The van der Waals surface area contributed by atoms with E-state index in [1.165, 1.54) is 38.5 Å². The maximum Gasteiger partial charge on any atom is 0.245 e. The number of amides is 2. The van der Waals surface area contributed by atoms with Gasteiger partial charge in [0, 0.05) is 19.5 Å². The molecule has 1 aliphatic rings. The largest absolute Gasteiger partial charge is 0.344 e. The minimum Gasteiger partial charge on any atom is -0.344 e. The normalized spacial score (nSPS) is 15.0. The summed E-state index contributed by atoms with van der Waals surface area (Å²) in [6, 6.07) is -0.370. The Morgan fingerprint density at radius 3 is 1.82 bits per heavy atom. The Morgan fingerprint density at radius 2 is 1.25 bits per heavy atom. The Hall–Kier alpha value is -1.14. The smallest absolute Gasteiger partial charge is 0.245 e. The van der Waals surface area contributed by atoms with Crippen molar-refractivity contribution in [2.75, 3.05) is 26.2 Å². The second-order valence-electron chi connectivity index (χ2n) is 8.16. The molecule has 6 nitrogen and oxygen atoms in total. The number of carbonyl (C=O) groups is 2. The van der Waals surface area contributed by atoms with Gasteiger partial charge in [0.2, 0.25) is 11.8 Å². The zero-order valence-electron chi connectivity index (χ0n) is 17.9. The molecule has 6 heteroatoms. The highest BCUT2D eigenvalue weighted by Gasteiger charge is 2.27. The molecule has 1 aliphatic heterocycles. The van der Waals surface area contributed by atoms with Gasteiger partial charge in [-0.05, 0) is 58.0 Å².